The third kappa shape index (κ3) is 5.64. The van der Waals surface area contributed by atoms with Crippen molar-refractivity contribution in [1.82, 2.24) is 9.29 Å². The minimum atomic E-state index is -4.11. The largest absolute Gasteiger partial charge is 0.477 e. The molecule has 1 amide bonds. The van der Waals surface area contributed by atoms with E-state index in [9.17, 15) is 28.4 Å². The molecule has 9 nitrogen and oxygen atoms in total. The third-order valence-electron chi connectivity index (χ3n) is 8.42. The predicted octanol–water partition coefficient (Wildman–Crippen LogP) is 6.03. The fraction of sp³-hybridized carbons (Fsp3) is 0.273. The fourth-order valence-electron chi connectivity index (χ4n) is 6.25. The number of benzene rings is 2. The number of pyridine rings is 1. The molecule has 0 bridgehead atoms. The molecule has 1 aliphatic carbocycles. The molecule has 1 N–H and O–H groups in total. The summed E-state index contributed by atoms with van der Waals surface area (Å²) in [4.78, 5) is 33.0. The summed E-state index contributed by atoms with van der Waals surface area (Å²) in [6.07, 6.45) is 5.93. The lowest BCUT2D eigenvalue weighted by Gasteiger charge is -2.44. The zero-order valence-electron chi connectivity index (χ0n) is 23.8. The molecule has 11 heteroatoms. The van der Waals surface area contributed by atoms with E-state index in [0.29, 0.717) is 22.5 Å². The number of carbonyl (C=O) groups excluding carboxylic acids is 1. The van der Waals surface area contributed by atoms with E-state index in [0.717, 1.165) is 53.9 Å². The van der Waals surface area contributed by atoms with Gasteiger partial charge in [0.15, 0.2) is 0 Å². The summed E-state index contributed by atoms with van der Waals surface area (Å²) >= 11 is 1.12. The molecule has 1 saturated heterocycles. The van der Waals surface area contributed by atoms with Gasteiger partial charge in [0.1, 0.15) is 9.77 Å². The standard InChI is InChI=1S/C33H30N4O5S2/c34-18-24-13-7-8-14-26(24)27-16-15-25(19-35-27)44(41,42)36-20-29(22-9-3-1-4-10-22)37(31(38)21-36)28-17-30(43-32(28)33(39)40)23-11-5-2-6-12-23/h2,5-8,11-17,19,22,29H,1,3-4,9-10,20-21H2,(H,39,40). The van der Waals surface area contributed by atoms with Crippen molar-refractivity contribution < 1.29 is 23.1 Å². The van der Waals surface area contributed by atoms with Crippen molar-refractivity contribution in [2.24, 2.45) is 5.92 Å². The molecule has 2 aromatic carbocycles. The zero-order chi connectivity index (χ0) is 30.8. The number of piperazine rings is 1. The molecule has 44 heavy (non-hydrogen) atoms. The van der Waals surface area contributed by atoms with Gasteiger partial charge in [0, 0.05) is 23.2 Å². The molecule has 0 spiro atoms. The van der Waals surface area contributed by atoms with Crippen molar-refractivity contribution in [2.45, 2.75) is 43.0 Å². The Labute approximate surface area is 260 Å². The van der Waals surface area contributed by atoms with Crippen LogP contribution in [0.15, 0.2) is 83.9 Å². The highest BCUT2D eigenvalue weighted by Crippen LogP contribution is 2.42. The van der Waals surface area contributed by atoms with E-state index in [1.165, 1.54) is 16.6 Å². The van der Waals surface area contributed by atoms with E-state index >= 15 is 0 Å². The number of anilines is 1. The Kier molecular flexibility index (Phi) is 8.31. The van der Waals surface area contributed by atoms with Gasteiger partial charge in [0.2, 0.25) is 15.9 Å². The normalized spacial score (nSPS) is 18.2. The lowest BCUT2D eigenvalue weighted by Crippen LogP contribution is -2.60. The first kappa shape index (κ1) is 29.7. The highest BCUT2D eigenvalue weighted by Gasteiger charge is 2.44. The van der Waals surface area contributed by atoms with Crippen molar-refractivity contribution in [1.29, 1.82) is 5.26 Å². The Hall–Kier alpha value is -4.37. The van der Waals surface area contributed by atoms with Gasteiger partial charge < -0.3 is 10.0 Å². The highest BCUT2D eigenvalue weighted by atomic mass is 32.2. The molecule has 1 saturated carbocycles. The molecule has 2 fully saturated rings. The molecule has 224 valence electrons. The first-order valence-electron chi connectivity index (χ1n) is 14.5. The van der Waals surface area contributed by atoms with Crippen LogP contribution in [0.3, 0.4) is 0 Å². The summed E-state index contributed by atoms with van der Waals surface area (Å²) in [6.45, 7) is -0.368. The Bertz CT molecular complexity index is 1840. The van der Waals surface area contributed by atoms with Gasteiger partial charge in [-0.05, 0) is 48.6 Å². The summed E-state index contributed by atoms with van der Waals surface area (Å²) < 4.78 is 29.0. The van der Waals surface area contributed by atoms with Gasteiger partial charge in [-0.2, -0.15) is 9.57 Å². The number of nitrogens with zero attached hydrogens (tertiary/aromatic N) is 4. The molecule has 1 unspecified atom stereocenters. The minimum Gasteiger partial charge on any atom is -0.477 e. The Morgan fingerprint density at radius 2 is 1.73 bits per heavy atom. The van der Waals surface area contributed by atoms with Gasteiger partial charge in [-0.3, -0.25) is 9.78 Å². The number of aromatic nitrogens is 1. The SMILES string of the molecule is N#Cc1ccccc1-c1ccc(S(=O)(=O)N2CC(=O)N(c3cc(-c4ccccc4)sc3C(=O)O)C(C3CCCCC3)C2)cn1. The number of thiophene rings is 1. The monoisotopic (exact) mass is 626 g/mol. The number of amides is 1. The lowest BCUT2D eigenvalue weighted by molar-refractivity contribution is -0.121. The molecule has 4 aromatic rings. The second-order valence-electron chi connectivity index (χ2n) is 11.1. The van der Waals surface area contributed by atoms with E-state index < -0.39 is 34.5 Å². The van der Waals surface area contributed by atoms with Gasteiger partial charge >= 0.3 is 5.97 Å². The first-order chi connectivity index (χ1) is 21.3. The molecular weight excluding hydrogens is 597 g/mol. The third-order valence-corrected chi connectivity index (χ3v) is 11.4. The minimum absolute atomic E-state index is 0.0235. The van der Waals surface area contributed by atoms with Crippen LogP contribution in [-0.2, 0) is 14.8 Å². The Balaban J connectivity index is 1.35. The van der Waals surface area contributed by atoms with Crippen LogP contribution in [0.1, 0.15) is 47.3 Å². The number of sulfonamides is 1. The van der Waals surface area contributed by atoms with E-state index in [4.69, 9.17) is 0 Å². The van der Waals surface area contributed by atoms with Crippen LogP contribution in [0.4, 0.5) is 5.69 Å². The molecule has 2 aromatic heterocycles. The molecule has 6 rings (SSSR count). The molecule has 1 aliphatic heterocycles. The van der Waals surface area contributed by atoms with Crippen molar-refractivity contribution >= 4 is 38.9 Å². The number of hydrogen-bond acceptors (Lipinski definition) is 7. The van der Waals surface area contributed by atoms with Crippen LogP contribution in [0.25, 0.3) is 21.7 Å². The van der Waals surface area contributed by atoms with Gasteiger partial charge in [0.25, 0.3) is 0 Å². The summed E-state index contributed by atoms with van der Waals surface area (Å²) in [7, 11) is -4.11. The summed E-state index contributed by atoms with van der Waals surface area (Å²) in [5, 5.41) is 19.6. The number of carbonyl (C=O) groups is 2. The summed E-state index contributed by atoms with van der Waals surface area (Å²) in [6, 6.07) is 22.7. The highest BCUT2D eigenvalue weighted by molar-refractivity contribution is 7.89. The number of hydrogen-bond donors (Lipinski definition) is 1. The second kappa shape index (κ2) is 12.3. The number of aromatic carboxylic acids is 1. The van der Waals surface area contributed by atoms with Crippen LogP contribution in [0.5, 0.6) is 0 Å². The van der Waals surface area contributed by atoms with Crippen LogP contribution in [0, 0.1) is 17.2 Å². The zero-order valence-corrected chi connectivity index (χ0v) is 25.4. The van der Waals surface area contributed by atoms with Crippen molar-refractivity contribution in [3.63, 3.8) is 0 Å². The molecule has 2 aliphatic rings. The Morgan fingerprint density at radius 3 is 2.41 bits per heavy atom. The second-order valence-corrected chi connectivity index (χ2v) is 14.0. The van der Waals surface area contributed by atoms with Gasteiger partial charge in [-0.15, -0.1) is 11.3 Å². The topological polar surface area (TPSA) is 132 Å². The lowest BCUT2D eigenvalue weighted by atomic mass is 9.82. The van der Waals surface area contributed by atoms with Gasteiger partial charge in [0.05, 0.1) is 35.6 Å². The maximum atomic E-state index is 14.0. The van der Waals surface area contributed by atoms with Crippen LogP contribution in [-0.4, -0.2) is 53.8 Å². The van der Waals surface area contributed by atoms with E-state index in [2.05, 4.69) is 11.1 Å². The average molecular weight is 627 g/mol. The molecule has 1 atom stereocenters. The number of carboxylic acid groups (broad SMARTS) is 1. The Morgan fingerprint density at radius 1 is 1.00 bits per heavy atom. The molecular formula is C33H30N4O5S2. The van der Waals surface area contributed by atoms with Crippen LogP contribution in [0.2, 0.25) is 0 Å². The summed E-state index contributed by atoms with van der Waals surface area (Å²) in [5.74, 6) is -1.56. The van der Waals surface area contributed by atoms with Crippen LogP contribution >= 0.6 is 11.3 Å². The number of rotatable bonds is 7. The van der Waals surface area contributed by atoms with E-state index in [1.54, 1.807) is 41.3 Å². The smallest absolute Gasteiger partial charge is 0.348 e. The average Bonchev–Trinajstić information content (AvgIpc) is 3.51. The van der Waals surface area contributed by atoms with Crippen molar-refractivity contribution in [3.8, 4) is 27.8 Å². The predicted molar refractivity (Wildman–Crippen MR) is 168 cm³/mol. The van der Waals surface area contributed by atoms with Crippen molar-refractivity contribution in [2.75, 3.05) is 18.0 Å². The number of nitriles is 1. The van der Waals surface area contributed by atoms with E-state index in [1.807, 2.05) is 30.3 Å². The fourth-order valence-corrected chi connectivity index (χ4v) is 8.59. The van der Waals surface area contributed by atoms with E-state index in [-0.39, 0.29) is 22.2 Å². The van der Waals surface area contributed by atoms with Gasteiger partial charge in [-0.25, -0.2) is 13.2 Å². The maximum absolute atomic E-state index is 14.0. The quantitative estimate of drug-likeness (QED) is 0.265. The van der Waals surface area contributed by atoms with Gasteiger partial charge in [-0.1, -0.05) is 67.8 Å². The van der Waals surface area contributed by atoms with Crippen LogP contribution < -0.4 is 4.90 Å². The number of carboxylic acids is 1. The molecule has 3 heterocycles. The molecule has 0 radical (unpaired) electrons. The summed E-state index contributed by atoms with van der Waals surface area (Å²) in [5.41, 5.74) is 2.66. The van der Waals surface area contributed by atoms with Crippen molar-refractivity contribution in [3.05, 3.63) is 89.4 Å². The maximum Gasteiger partial charge on any atom is 0.348 e. The first-order valence-corrected chi connectivity index (χ1v) is 16.7.